The summed E-state index contributed by atoms with van der Waals surface area (Å²) in [6.07, 6.45) is 5.40. The van der Waals surface area contributed by atoms with Gasteiger partial charge in [0.05, 0.1) is 12.1 Å². The number of anilines is 1. The van der Waals surface area contributed by atoms with Crippen LogP contribution >= 0.6 is 0 Å². The van der Waals surface area contributed by atoms with Crippen molar-refractivity contribution in [1.82, 2.24) is 14.0 Å². The molecule has 0 spiro atoms. The SMILES string of the molecule is O=C(/C=C(/O)c1cc(Cc2c(F)cc(F)cc2F)cn(Cc2ccc(F)cc2)c1=O)C(=O)N1CCN(c2ccc(-n3cccc3)cc2)CC1. The Bertz CT molecular complexity index is 2060. The van der Waals surface area contributed by atoms with Crippen molar-refractivity contribution < 1.29 is 32.3 Å². The summed E-state index contributed by atoms with van der Waals surface area (Å²) in [5.41, 5.74) is 0.931. The van der Waals surface area contributed by atoms with Crippen LogP contribution in [0.1, 0.15) is 22.3 Å². The van der Waals surface area contributed by atoms with Gasteiger partial charge in [0.1, 0.15) is 29.0 Å². The number of pyridine rings is 1. The van der Waals surface area contributed by atoms with E-state index in [0.717, 1.165) is 22.0 Å². The summed E-state index contributed by atoms with van der Waals surface area (Å²) in [5.74, 6) is -6.65. The molecule has 0 unspecified atom stereocenters. The number of ketones is 1. The number of hydrogen-bond acceptors (Lipinski definition) is 5. The van der Waals surface area contributed by atoms with Gasteiger partial charge in [-0.3, -0.25) is 14.4 Å². The van der Waals surface area contributed by atoms with Crippen molar-refractivity contribution in [3.8, 4) is 5.69 Å². The van der Waals surface area contributed by atoms with Crippen LogP contribution in [-0.2, 0) is 22.6 Å². The normalized spacial score (nSPS) is 13.5. The third kappa shape index (κ3) is 7.48. The number of nitrogens with zero attached hydrogens (tertiary/aromatic N) is 4. The number of aliphatic hydroxyl groups is 1. The van der Waals surface area contributed by atoms with Gasteiger partial charge in [-0.1, -0.05) is 12.1 Å². The zero-order chi connectivity index (χ0) is 34.7. The predicted molar refractivity (Wildman–Crippen MR) is 176 cm³/mol. The minimum atomic E-state index is -1.15. The van der Waals surface area contributed by atoms with Gasteiger partial charge in [-0.15, -0.1) is 0 Å². The first-order valence-electron chi connectivity index (χ1n) is 15.4. The lowest BCUT2D eigenvalue weighted by Gasteiger charge is -2.35. The molecule has 0 atom stereocenters. The molecule has 0 radical (unpaired) electrons. The highest BCUT2D eigenvalue weighted by atomic mass is 19.1. The van der Waals surface area contributed by atoms with Crippen molar-refractivity contribution in [2.45, 2.75) is 13.0 Å². The van der Waals surface area contributed by atoms with E-state index < -0.39 is 63.8 Å². The number of halogens is 4. The molecule has 250 valence electrons. The zero-order valence-electron chi connectivity index (χ0n) is 26.0. The molecule has 1 fully saturated rings. The zero-order valence-corrected chi connectivity index (χ0v) is 26.0. The fourth-order valence-electron chi connectivity index (χ4n) is 5.76. The van der Waals surface area contributed by atoms with Gasteiger partial charge in [-0.25, -0.2) is 17.6 Å². The molecule has 8 nitrogen and oxygen atoms in total. The van der Waals surface area contributed by atoms with E-state index in [1.54, 1.807) is 0 Å². The van der Waals surface area contributed by atoms with Gasteiger partial charge in [-0.2, -0.15) is 0 Å². The Morgan fingerprint density at radius 3 is 2.00 bits per heavy atom. The summed E-state index contributed by atoms with van der Waals surface area (Å²) in [7, 11) is 0. The van der Waals surface area contributed by atoms with E-state index in [4.69, 9.17) is 0 Å². The fourth-order valence-corrected chi connectivity index (χ4v) is 5.76. The Hall–Kier alpha value is -5.91. The number of carbonyl (C=O) groups excluding carboxylic acids is 2. The number of amides is 1. The van der Waals surface area contributed by atoms with Crippen molar-refractivity contribution in [3.63, 3.8) is 0 Å². The quantitative estimate of drug-likeness (QED) is 0.0949. The second kappa shape index (κ2) is 14.1. The molecule has 2 aromatic heterocycles. The maximum absolute atomic E-state index is 14.5. The van der Waals surface area contributed by atoms with E-state index in [2.05, 4.69) is 4.90 Å². The molecule has 0 aliphatic carbocycles. The first-order chi connectivity index (χ1) is 23.5. The topological polar surface area (TPSA) is 87.8 Å². The molecule has 0 bridgehead atoms. The summed E-state index contributed by atoms with van der Waals surface area (Å²) in [4.78, 5) is 43.0. The molecular weight excluding hydrogens is 640 g/mol. The number of aliphatic hydroxyl groups excluding tert-OH is 1. The molecule has 1 aliphatic heterocycles. The fraction of sp³-hybridized carbons (Fsp3) is 0.162. The van der Waals surface area contributed by atoms with Crippen molar-refractivity contribution in [2.24, 2.45) is 0 Å². The molecule has 49 heavy (non-hydrogen) atoms. The Morgan fingerprint density at radius 1 is 0.755 bits per heavy atom. The lowest BCUT2D eigenvalue weighted by atomic mass is 10.0. The number of carbonyl (C=O) groups is 2. The molecule has 5 aromatic rings. The molecule has 0 saturated carbocycles. The van der Waals surface area contributed by atoms with Gasteiger partial charge >= 0.3 is 0 Å². The van der Waals surface area contributed by atoms with Crippen LogP contribution in [0, 0.1) is 23.3 Å². The van der Waals surface area contributed by atoms with Gasteiger partial charge in [0.25, 0.3) is 11.5 Å². The minimum absolute atomic E-state index is 0.117. The molecule has 1 saturated heterocycles. The van der Waals surface area contributed by atoms with Gasteiger partial charge < -0.3 is 24.0 Å². The lowest BCUT2D eigenvalue weighted by Crippen LogP contribution is -2.50. The van der Waals surface area contributed by atoms with E-state index in [0.29, 0.717) is 36.9 Å². The van der Waals surface area contributed by atoms with Gasteiger partial charge in [-0.05, 0) is 65.7 Å². The first kappa shape index (κ1) is 33.0. The average molecular weight is 671 g/mol. The Labute approximate surface area is 278 Å². The summed E-state index contributed by atoms with van der Waals surface area (Å²) in [6, 6.07) is 19.2. The predicted octanol–water partition coefficient (Wildman–Crippen LogP) is 5.65. The number of benzene rings is 3. The Kier molecular flexibility index (Phi) is 9.47. The monoisotopic (exact) mass is 670 g/mol. The van der Waals surface area contributed by atoms with Crippen LogP contribution in [0.2, 0.25) is 0 Å². The maximum Gasteiger partial charge on any atom is 0.294 e. The minimum Gasteiger partial charge on any atom is -0.507 e. The Balaban J connectivity index is 1.20. The van der Waals surface area contributed by atoms with Crippen molar-refractivity contribution in [3.05, 3.63) is 159 Å². The average Bonchev–Trinajstić information content (AvgIpc) is 3.64. The molecule has 3 aromatic carbocycles. The summed E-state index contributed by atoms with van der Waals surface area (Å²) in [6.45, 7) is 1.29. The van der Waals surface area contributed by atoms with Crippen molar-refractivity contribution in [1.29, 1.82) is 0 Å². The van der Waals surface area contributed by atoms with Gasteiger partial charge in [0.15, 0.2) is 0 Å². The number of aromatic nitrogens is 2. The summed E-state index contributed by atoms with van der Waals surface area (Å²) < 4.78 is 59.1. The number of hydrogen-bond donors (Lipinski definition) is 1. The van der Waals surface area contributed by atoms with Crippen LogP contribution in [0.15, 0.2) is 108 Å². The molecular formula is C37H30F4N4O4. The smallest absolute Gasteiger partial charge is 0.294 e. The molecule has 1 N–H and O–H groups in total. The number of piperazine rings is 1. The molecule has 12 heteroatoms. The standard InChI is InChI=1S/C37H30F4N4O4/c38-26-5-3-24(4-6-26)22-45-23-25(17-30-32(40)19-27(39)20-33(30)41)18-31(36(45)48)34(46)21-35(47)37(49)44-15-13-43(14-16-44)29-9-7-28(8-10-29)42-11-1-2-12-42/h1-12,18-21,23,46H,13-17,22H2/b34-21+. The molecule has 6 rings (SSSR count). The highest BCUT2D eigenvalue weighted by Gasteiger charge is 2.26. The van der Waals surface area contributed by atoms with E-state index in [9.17, 15) is 37.1 Å². The largest absolute Gasteiger partial charge is 0.507 e. The van der Waals surface area contributed by atoms with Crippen LogP contribution in [0.4, 0.5) is 23.2 Å². The first-order valence-corrected chi connectivity index (χ1v) is 15.4. The van der Waals surface area contributed by atoms with Crippen LogP contribution in [0.25, 0.3) is 11.4 Å². The second-order valence-electron chi connectivity index (χ2n) is 11.6. The molecule has 1 aliphatic rings. The molecule has 3 heterocycles. The highest BCUT2D eigenvalue weighted by molar-refractivity contribution is 6.41. The van der Waals surface area contributed by atoms with E-state index in [-0.39, 0.29) is 25.2 Å². The van der Waals surface area contributed by atoms with Crippen LogP contribution in [0.3, 0.4) is 0 Å². The third-order valence-electron chi connectivity index (χ3n) is 8.33. The Morgan fingerprint density at radius 2 is 1.37 bits per heavy atom. The van der Waals surface area contributed by atoms with Crippen LogP contribution in [-0.4, -0.2) is 57.0 Å². The van der Waals surface area contributed by atoms with Crippen molar-refractivity contribution in [2.75, 3.05) is 31.1 Å². The van der Waals surface area contributed by atoms with Crippen LogP contribution in [0.5, 0.6) is 0 Å². The summed E-state index contributed by atoms with van der Waals surface area (Å²) >= 11 is 0. The van der Waals surface area contributed by atoms with E-state index in [1.165, 1.54) is 35.4 Å². The van der Waals surface area contributed by atoms with Gasteiger partial charge in [0.2, 0.25) is 5.78 Å². The van der Waals surface area contributed by atoms with Gasteiger partial charge in [0, 0.05) is 86.3 Å². The van der Waals surface area contributed by atoms with Crippen LogP contribution < -0.4 is 10.5 Å². The maximum atomic E-state index is 14.5. The summed E-state index contributed by atoms with van der Waals surface area (Å²) in [5, 5.41) is 11.0. The second-order valence-corrected chi connectivity index (χ2v) is 11.6. The third-order valence-corrected chi connectivity index (χ3v) is 8.33. The number of rotatable bonds is 9. The van der Waals surface area contributed by atoms with E-state index >= 15 is 0 Å². The highest BCUT2D eigenvalue weighted by Crippen LogP contribution is 2.22. The lowest BCUT2D eigenvalue weighted by molar-refractivity contribution is -0.142. The molecule has 1 amide bonds. The van der Waals surface area contributed by atoms with Crippen molar-refractivity contribution >= 4 is 23.1 Å². The van der Waals surface area contributed by atoms with E-state index in [1.807, 2.05) is 53.4 Å².